The molecule has 0 saturated carbocycles. The van der Waals surface area contributed by atoms with Crippen LogP contribution in [-0.4, -0.2) is 9.97 Å². The minimum atomic E-state index is 0. The van der Waals surface area contributed by atoms with Crippen LogP contribution < -0.4 is 63.9 Å². The van der Waals surface area contributed by atoms with E-state index in [-0.39, 0.29) is 78.6 Å². The van der Waals surface area contributed by atoms with Crippen molar-refractivity contribution in [3.8, 4) is 0 Å². The quantitative estimate of drug-likeness (QED) is 0.489. The van der Waals surface area contributed by atoms with E-state index in [1.54, 1.807) is 6.92 Å². The van der Waals surface area contributed by atoms with Gasteiger partial charge >= 0.3 is 58.2 Å². The van der Waals surface area contributed by atoms with Gasteiger partial charge in [-0.15, -0.1) is 6.92 Å². The minimum Gasteiger partial charge on any atom is -0.550 e. The number of anilines is 1. The maximum absolute atomic E-state index is 5.22. The van der Waals surface area contributed by atoms with E-state index in [0.717, 1.165) is 5.69 Å². The topological polar surface area (TPSA) is 51.8 Å². The third-order valence-corrected chi connectivity index (χ3v) is 0.697. The molecular formula is C5H5N3RbRe-. The van der Waals surface area contributed by atoms with E-state index in [0.29, 0.717) is 5.82 Å². The van der Waals surface area contributed by atoms with E-state index in [1.807, 2.05) is 0 Å². The smallest absolute Gasteiger partial charge is 0.550 e. The molecule has 3 nitrogen and oxygen atoms in total. The Morgan fingerprint density at radius 3 is 2.30 bits per heavy atom. The Morgan fingerprint density at radius 2 is 2.00 bits per heavy atom. The summed E-state index contributed by atoms with van der Waals surface area (Å²) in [7, 11) is 0. The van der Waals surface area contributed by atoms with Crippen LogP contribution in [0.1, 0.15) is 5.69 Å². The van der Waals surface area contributed by atoms with Crippen LogP contribution in [0.5, 0.6) is 0 Å². The van der Waals surface area contributed by atoms with Crippen molar-refractivity contribution in [3.05, 3.63) is 18.1 Å². The SMILES string of the molecule is Cc1[c-]c(N)n[c-]n1.[Rb+].[Re]. The average molecular weight is 379 g/mol. The largest absolute Gasteiger partial charge is 1.00 e. The zero-order chi connectivity index (χ0) is 5.98. The minimum absolute atomic E-state index is 0. The predicted octanol–water partition coefficient (Wildman–Crippen LogP) is -3.03. The number of nitrogens with two attached hydrogens (primary N) is 1. The predicted molar refractivity (Wildman–Crippen MR) is 28.9 cm³/mol. The monoisotopic (exact) mass is 379 g/mol. The fourth-order valence-electron chi connectivity index (χ4n) is 0.395. The maximum Gasteiger partial charge on any atom is 1.00 e. The molecule has 49 valence electrons. The first-order chi connectivity index (χ1) is 3.79. The summed E-state index contributed by atoms with van der Waals surface area (Å²) in [5.41, 5.74) is 5.94. The molecule has 0 amide bonds. The fourth-order valence-corrected chi connectivity index (χ4v) is 0.395. The summed E-state index contributed by atoms with van der Waals surface area (Å²) in [6.07, 6.45) is 2.37. The molecule has 1 aromatic rings. The van der Waals surface area contributed by atoms with Crippen molar-refractivity contribution in [1.29, 1.82) is 0 Å². The molecule has 0 aliphatic heterocycles. The van der Waals surface area contributed by atoms with Gasteiger partial charge in [0.1, 0.15) is 0 Å². The Morgan fingerprint density at radius 1 is 1.40 bits per heavy atom. The Balaban J connectivity index is 0. The van der Waals surface area contributed by atoms with Crippen molar-refractivity contribution in [2.24, 2.45) is 0 Å². The van der Waals surface area contributed by atoms with Gasteiger partial charge < -0.3 is 21.8 Å². The molecule has 0 bridgehead atoms. The number of aromatic nitrogens is 2. The van der Waals surface area contributed by atoms with Gasteiger partial charge in [-0.1, -0.05) is 0 Å². The normalized spacial score (nSPS) is 7.30. The molecule has 0 aliphatic carbocycles. The fraction of sp³-hybridized carbons (Fsp3) is 0.200. The van der Waals surface area contributed by atoms with Crippen LogP contribution in [0.2, 0.25) is 0 Å². The summed E-state index contributed by atoms with van der Waals surface area (Å²) in [5.74, 6) is 0.345. The number of nitrogens with zero attached hydrogens (tertiary/aromatic N) is 2. The van der Waals surface area contributed by atoms with Crippen LogP contribution in [-0.2, 0) is 20.4 Å². The summed E-state index contributed by atoms with van der Waals surface area (Å²) >= 11 is 0. The van der Waals surface area contributed by atoms with Crippen molar-refractivity contribution >= 4 is 5.82 Å². The van der Waals surface area contributed by atoms with Crippen LogP contribution in [0.25, 0.3) is 0 Å². The van der Waals surface area contributed by atoms with Crippen molar-refractivity contribution in [1.82, 2.24) is 9.97 Å². The van der Waals surface area contributed by atoms with Crippen LogP contribution in [0.3, 0.4) is 0 Å². The van der Waals surface area contributed by atoms with Gasteiger partial charge in [-0.2, -0.15) is 5.82 Å². The molecule has 1 rings (SSSR count). The molecule has 0 spiro atoms. The summed E-state index contributed by atoms with van der Waals surface area (Å²) in [6, 6.07) is 2.69. The standard InChI is InChI=1S/C5H5N3.Rb.Re/c1-4-2-5(6)8-3-7-4;;/h1H3,(H2,6,7,8);;/q-2;+1;. The van der Waals surface area contributed by atoms with Crippen LogP contribution in [0.4, 0.5) is 5.82 Å². The number of hydrogen-bond acceptors (Lipinski definition) is 3. The summed E-state index contributed by atoms with van der Waals surface area (Å²) < 4.78 is 0. The second-order valence-electron chi connectivity index (χ2n) is 1.42. The number of rotatable bonds is 0. The molecule has 0 aromatic carbocycles. The first kappa shape index (κ1) is 13.9. The zero-order valence-electron chi connectivity index (χ0n) is 5.85. The van der Waals surface area contributed by atoms with Crippen LogP contribution in [0.15, 0.2) is 0 Å². The molecule has 0 fully saturated rings. The van der Waals surface area contributed by atoms with Crippen LogP contribution in [0, 0.1) is 19.3 Å². The Labute approximate surface area is 123 Å². The van der Waals surface area contributed by atoms with E-state index < -0.39 is 0 Å². The van der Waals surface area contributed by atoms with Crippen LogP contribution >= 0.6 is 0 Å². The molecule has 0 unspecified atom stereocenters. The Hall–Kier alpha value is 1.35. The maximum atomic E-state index is 5.22. The molecule has 2 N–H and O–H groups in total. The number of aryl methyl sites for hydroxylation is 1. The third-order valence-electron chi connectivity index (χ3n) is 0.697. The van der Waals surface area contributed by atoms with Gasteiger partial charge in [-0.25, -0.2) is 0 Å². The van der Waals surface area contributed by atoms with E-state index in [9.17, 15) is 0 Å². The first-order valence-corrected chi connectivity index (χ1v) is 2.18. The average Bonchev–Trinajstić information content (AvgIpc) is 1.64. The third kappa shape index (κ3) is 5.06. The summed E-state index contributed by atoms with van der Waals surface area (Å²) in [6.45, 7) is 1.79. The van der Waals surface area contributed by atoms with Crippen molar-refractivity contribution in [3.63, 3.8) is 0 Å². The summed E-state index contributed by atoms with van der Waals surface area (Å²) in [5, 5.41) is 0. The van der Waals surface area contributed by atoms with E-state index in [1.165, 1.54) is 0 Å². The summed E-state index contributed by atoms with van der Waals surface area (Å²) in [4.78, 5) is 7.19. The number of hydrogen-bond donors (Lipinski definition) is 1. The number of nitrogen functional groups attached to an aromatic ring is 1. The molecule has 0 saturated heterocycles. The molecule has 1 aromatic heterocycles. The van der Waals surface area contributed by atoms with E-state index in [2.05, 4.69) is 22.4 Å². The van der Waals surface area contributed by atoms with E-state index >= 15 is 0 Å². The van der Waals surface area contributed by atoms with Gasteiger partial charge in [0.05, 0.1) is 0 Å². The van der Waals surface area contributed by atoms with Gasteiger partial charge in [0.2, 0.25) is 0 Å². The molecule has 0 atom stereocenters. The van der Waals surface area contributed by atoms with Crippen molar-refractivity contribution < 1.29 is 78.6 Å². The molecule has 1 heterocycles. The van der Waals surface area contributed by atoms with Gasteiger partial charge in [0, 0.05) is 26.8 Å². The van der Waals surface area contributed by atoms with E-state index in [4.69, 9.17) is 5.73 Å². The van der Waals surface area contributed by atoms with Crippen molar-refractivity contribution in [2.45, 2.75) is 6.92 Å². The molecular weight excluding hydrogens is 374 g/mol. The zero-order valence-corrected chi connectivity index (χ0v) is 13.5. The second kappa shape index (κ2) is 7.02. The van der Waals surface area contributed by atoms with Gasteiger partial charge in [0.15, 0.2) is 0 Å². The van der Waals surface area contributed by atoms with Gasteiger partial charge in [0.25, 0.3) is 0 Å². The molecule has 0 aliphatic rings. The first-order valence-electron chi connectivity index (χ1n) is 2.18. The second-order valence-corrected chi connectivity index (χ2v) is 1.42. The Kier molecular flexibility index (Phi) is 9.76. The molecule has 5 heteroatoms. The molecule has 1 radical (unpaired) electrons. The molecule has 10 heavy (non-hydrogen) atoms. The van der Waals surface area contributed by atoms with Gasteiger partial charge in [-0.3, -0.25) is 5.69 Å². The Bertz CT molecular complexity index is 177. The van der Waals surface area contributed by atoms with Crippen molar-refractivity contribution in [2.75, 3.05) is 5.73 Å². The van der Waals surface area contributed by atoms with Gasteiger partial charge in [-0.05, 0) is 0 Å².